The van der Waals surface area contributed by atoms with Gasteiger partial charge < -0.3 is 5.11 Å². The van der Waals surface area contributed by atoms with Gasteiger partial charge >= 0.3 is 0 Å². The molecule has 5 heteroatoms. The number of aliphatic hydroxyl groups excluding tert-OH is 1. The second-order valence-corrected chi connectivity index (χ2v) is 2.22. The second kappa shape index (κ2) is 5.30. The van der Waals surface area contributed by atoms with Crippen LogP contribution in [0.2, 0.25) is 0 Å². The molecule has 0 saturated heterocycles. The highest BCUT2D eigenvalue weighted by atomic mass is 32.2. The molecular weight excluding hydrogens is 131 g/mol. The highest BCUT2D eigenvalue weighted by Crippen LogP contribution is 1.98. The average molecular weight is 140 g/mol. The van der Waals surface area contributed by atoms with E-state index >= 15 is 0 Å². The molecule has 0 aromatic rings. The molecule has 0 aliphatic rings. The molecule has 0 saturated carbocycles. The van der Waals surface area contributed by atoms with Crippen LogP contribution in [0.1, 0.15) is 0 Å². The van der Waals surface area contributed by atoms with E-state index < -0.39 is 0 Å². The number of hydrogen-bond acceptors (Lipinski definition) is 4. The average Bonchev–Trinajstić information content (AvgIpc) is 1.83. The van der Waals surface area contributed by atoms with Crippen molar-refractivity contribution in [3.63, 3.8) is 0 Å². The predicted molar refractivity (Wildman–Crippen MR) is 31.8 cm³/mol. The quantitative estimate of drug-likeness (QED) is 0.361. The third kappa shape index (κ3) is 3.20. The van der Waals surface area contributed by atoms with Gasteiger partial charge in [-0.1, -0.05) is 11.9 Å². The van der Waals surface area contributed by atoms with E-state index in [2.05, 4.69) is 0 Å². The molecule has 0 amide bonds. The maximum absolute atomic E-state index is 11.2. The van der Waals surface area contributed by atoms with E-state index in [0.29, 0.717) is 0 Å². The lowest BCUT2D eigenvalue weighted by atomic mass is 10.5. The molecule has 0 heterocycles. The van der Waals surface area contributed by atoms with Gasteiger partial charge in [0.1, 0.15) is 0 Å². The normalized spacial score (nSPS) is 13.9. The third-order valence-electron chi connectivity index (χ3n) is 0.701. The molecule has 0 bridgehead atoms. The van der Waals surface area contributed by atoms with Crippen LogP contribution in [0, 0.1) is 0 Å². The summed E-state index contributed by atoms with van der Waals surface area (Å²) in [5.41, 5.74) is 1.41. The SMILES string of the molecule is NSC(CO)CNF. The molecule has 50 valence electrons. The fraction of sp³-hybridized carbons (Fsp3) is 1.00. The van der Waals surface area contributed by atoms with Gasteiger partial charge in [-0.15, -0.1) is 4.48 Å². The summed E-state index contributed by atoms with van der Waals surface area (Å²) in [4.78, 5) is 0. The van der Waals surface area contributed by atoms with Crippen molar-refractivity contribution in [1.29, 1.82) is 0 Å². The van der Waals surface area contributed by atoms with Crippen LogP contribution in [-0.2, 0) is 0 Å². The van der Waals surface area contributed by atoms with Crippen LogP contribution in [0.5, 0.6) is 0 Å². The van der Waals surface area contributed by atoms with Crippen molar-refractivity contribution < 1.29 is 9.59 Å². The Balaban J connectivity index is 3.07. The summed E-state index contributed by atoms with van der Waals surface area (Å²) in [6, 6.07) is 0. The predicted octanol–water partition coefficient (Wildman–Crippen LogP) is -0.572. The van der Waals surface area contributed by atoms with Crippen molar-refractivity contribution in [2.45, 2.75) is 5.25 Å². The van der Waals surface area contributed by atoms with Gasteiger partial charge in [-0.25, -0.2) is 0 Å². The first-order valence-corrected chi connectivity index (χ1v) is 3.09. The third-order valence-corrected chi connectivity index (χ3v) is 1.40. The number of halogens is 1. The Bertz CT molecular complexity index is 52.5. The van der Waals surface area contributed by atoms with E-state index in [1.807, 2.05) is 0 Å². The molecule has 0 aliphatic carbocycles. The minimum atomic E-state index is -0.236. The number of hydrogen-bond donors (Lipinski definition) is 3. The van der Waals surface area contributed by atoms with Crippen molar-refractivity contribution in [2.75, 3.05) is 13.2 Å². The van der Waals surface area contributed by atoms with Gasteiger partial charge in [-0.3, -0.25) is 5.14 Å². The zero-order valence-corrected chi connectivity index (χ0v) is 5.12. The van der Waals surface area contributed by atoms with E-state index in [0.717, 1.165) is 11.9 Å². The Morgan fingerprint density at radius 3 is 2.62 bits per heavy atom. The summed E-state index contributed by atoms with van der Waals surface area (Å²) in [5, 5.41) is 13.1. The Morgan fingerprint density at radius 1 is 1.88 bits per heavy atom. The van der Waals surface area contributed by atoms with Gasteiger partial charge in [-0.2, -0.15) is 5.54 Å². The molecule has 0 fully saturated rings. The summed E-state index contributed by atoms with van der Waals surface area (Å²) >= 11 is 0.942. The van der Waals surface area contributed by atoms with Crippen molar-refractivity contribution in [3.8, 4) is 0 Å². The van der Waals surface area contributed by atoms with Crippen LogP contribution in [-0.4, -0.2) is 23.5 Å². The van der Waals surface area contributed by atoms with Gasteiger partial charge in [0, 0.05) is 6.54 Å². The highest BCUT2D eigenvalue weighted by molar-refractivity contribution is 7.97. The Kier molecular flexibility index (Phi) is 5.41. The van der Waals surface area contributed by atoms with Crippen LogP contribution >= 0.6 is 11.9 Å². The second-order valence-electron chi connectivity index (χ2n) is 1.28. The van der Waals surface area contributed by atoms with E-state index in [4.69, 9.17) is 10.2 Å². The van der Waals surface area contributed by atoms with Crippen molar-refractivity contribution in [2.24, 2.45) is 5.14 Å². The maximum atomic E-state index is 11.2. The van der Waals surface area contributed by atoms with Gasteiger partial charge in [0.05, 0.1) is 11.9 Å². The van der Waals surface area contributed by atoms with Gasteiger partial charge in [0.15, 0.2) is 0 Å². The first kappa shape index (κ1) is 8.16. The number of rotatable bonds is 4. The topological polar surface area (TPSA) is 58.3 Å². The lowest BCUT2D eigenvalue weighted by Gasteiger charge is -2.05. The summed E-state index contributed by atoms with van der Waals surface area (Å²) in [6.07, 6.45) is 0. The Labute approximate surface area is 51.5 Å². The molecule has 0 radical (unpaired) electrons. The van der Waals surface area contributed by atoms with Crippen LogP contribution in [0.4, 0.5) is 4.48 Å². The van der Waals surface area contributed by atoms with Crippen LogP contribution < -0.4 is 10.7 Å². The zero-order chi connectivity index (χ0) is 6.41. The van der Waals surface area contributed by atoms with Crippen LogP contribution in [0.15, 0.2) is 0 Å². The van der Waals surface area contributed by atoms with Crippen molar-refractivity contribution in [3.05, 3.63) is 0 Å². The highest BCUT2D eigenvalue weighted by Gasteiger charge is 2.02. The summed E-state index contributed by atoms with van der Waals surface area (Å²) in [6.45, 7) is -0.00421. The van der Waals surface area contributed by atoms with E-state index in [-0.39, 0.29) is 18.4 Å². The summed E-state index contributed by atoms with van der Waals surface area (Å²) in [7, 11) is 0. The molecule has 3 nitrogen and oxygen atoms in total. The Morgan fingerprint density at radius 2 is 2.50 bits per heavy atom. The summed E-state index contributed by atoms with van der Waals surface area (Å²) in [5.74, 6) is 0. The first-order valence-electron chi connectivity index (χ1n) is 2.15. The molecule has 0 aromatic heterocycles. The lowest BCUT2D eigenvalue weighted by Crippen LogP contribution is -2.23. The Hall–Kier alpha value is 0.160. The molecular formula is C3H9FN2OS. The molecule has 4 N–H and O–H groups in total. The first-order chi connectivity index (χ1) is 3.85. The molecule has 0 rings (SSSR count). The molecule has 0 aliphatic heterocycles. The fourth-order valence-corrected chi connectivity index (χ4v) is 0.487. The largest absolute Gasteiger partial charge is 0.395 e. The van der Waals surface area contributed by atoms with Crippen molar-refractivity contribution >= 4 is 11.9 Å². The standard InChI is InChI=1S/C3H9FN2OS/c4-6-1-3(2-7)8-5/h3,6-7H,1-2,5H2. The summed E-state index contributed by atoms with van der Waals surface area (Å²) < 4.78 is 11.2. The molecule has 1 unspecified atom stereocenters. The van der Waals surface area contributed by atoms with Gasteiger partial charge in [0.25, 0.3) is 0 Å². The van der Waals surface area contributed by atoms with E-state index in [1.54, 1.807) is 0 Å². The monoisotopic (exact) mass is 140 g/mol. The smallest absolute Gasteiger partial charge is 0.0576 e. The molecule has 8 heavy (non-hydrogen) atoms. The molecule has 0 spiro atoms. The van der Waals surface area contributed by atoms with Gasteiger partial charge in [0.2, 0.25) is 0 Å². The van der Waals surface area contributed by atoms with Crippen LogP contribution in [0.25, 0.3) is 0 Å². The number of nitrogens with one attached hydrogen (secondary N) is 1. The van der Waals surface area contributed by atoms with Crippen LogP contribution in [0.3, 0.4) is 0 Å². The van der Waals surface area contributed by atoms with Crippen molar-refractivity contribution in [1.82, 2.24) is 5.54 Å². The van der Waals surface area contributed by atoms with E-state index in [1.165, 1.54) is 5.54 Å². The number of aliphatic hydroxyl groups is 1. The van der Waals surface area contributed by atoms with Gasteiger partial charge in [-0.05, 0) is 0 Å². The fourth-order valence-electron chi connectivity index (χ4n) is 0.242. The zero-order valence-electron chi connectivity index (χ0n) is 4.30. The lowest BCUT2D eigenvalue weighted by molar-refractivity contribution is 0.264. The molecule has 1 atom stereocenters. The number of nitrogens with two attached hydrogens (primary N) is 1. The van der Waals surface area contributed by atoms with E-state index in [9.17, 15) is 4.48 Å². The minimum absolute atomic E-state index is 0.0949. The molecule has 0 aromatic carbocycles. The minimum Gasteiger partial charge on any atom is -0.395 e. The maximum Gasteiger partial charge on any atom is 0.0576 e.